The van der Waals surface area contributed by atoms with Crippen LogP contribution in [0.3, 0.4) is 0 Å². The fourth-order valence-corrected chi connectivity index (χ4v) is 2.98. The first-order valence-corrected chi connectivity index (χ1v) is 8.34. The molecule has 0 radical (unpaired) electrons. The number of nitrogens with one attached hydrogen (secondary N) is 1. The van der Waals surface area contributed by atoms with Crippen molar-refractivity contribution in [3.63, 3.8) is 0 Å². The summed E-state index contributed by atoms with van der Waals surface area (Å²) >= 11 is 0. The van der Waals surface area contributed by atoms with Crippen LogP contribution in [0.2, 0.25) is 0 Å². The van der Waals surface area contributed by atoms with Crippen molar-refractivity contribution in [1.82, 2.24) is 14.8 Å². The Bertz CT molecular complexity index is 741. The van der Waals surface area contributed by atoms with Crippen molar-refractivity contribution in [3.8, 4) is 0 Å². The van der Waals surface area contributed by atoms with Crippen molar-refractivity contribution in [1.29, 1.82) is 0 Å². The van der Waals surface area contributed by atoms with E-state index in [0.29, 0.717) is 30.8 Å². The Labute approximate surface area is 135 Å². The molecule has 1 aromatic carbocycles. The maximum Gasteiger partial charge on any atom is 0.419 e. The van der Waals surface area contributed by atoms with Crippen LogP contribution in [0.4, 0.5) is 0 Å². The third kappa shape index (κ3) is 3.32. The molecule has 1 N–H and O–H groups in total. The van der Waals surface area contributed by atoms with E-state index in [2.05, 4.69) is 12.2 Å². The number of carbonyl (C=O) groups is 1. The van der Waals surface area contributed by atoms with E-state index in [1.807, 2.05) is 11.0 Å². The summed E-state index contributed by atoms with van der Waals surface area (Å²) in [4.78, 5) is 26.4. The number of nitrogens with zero attached hydrogens (tertiary/aromatic N) is 2. The lowest BCUT2D eigenvalue weighted by Crippen LogP contribution is -2.46. The smallest absolute Gasteiger partial charge is 0.408 e. The highest BCUT2D eigenvalue weighted by molar-refractivity contribution is 5.97. The number of rotatable bonds is 5. The zero-order chi connectivity index (χ0) is 16.2. The van der Waals surface area contributed by atoms with Crippen LogP contribution in [0, 0.1) is 0 Å². The summed E-state index contributed by atoms with van der Waals surface area (Å²) in [7, 11) is 0. The molecule has 23 heavy (non-hydrogen) atoms. The molecule has 1 saturated heterocycles. The molecule has 1 fully saturated rings. The van der Waals surface area contributed by atoms with E-state index in [-0.39, 0.29) is 11.7 Å². The van der Waals surface area contributed by atoms with Crippen molar-refractivity contribution in [2.45, 2.75) is 32.7 Å². The molecular weight excluding hydrogens is 294 g/mol. The fraction of sp³-hybridized carbons (Fsp3) is 0.529. The van der Waals surface area contributed by atoms with Crippen molar-refractivity contribution in [2.24, 2.45) is 0 Å². The Morgan fingerprint density at radius 1 is 1.26 bits per heavy atom. The molecular formula is C17H23N3O3. The molecule has 1 aliphatic heterocycles. The van der Waals surface area contributed by atoms with E-state index in [9.17, 15) is 9.59 Å². The third-order valence-corrected chi connectivity index (χ3v) is 4.30. The van der Waals surface area contributed by atoms with E-state index in [1.165, 1.54) is 0 Å². The molecule has 3 rings (SSSR count). The summed E-state index contributed by atoms with van der Waals surface area (Å²) in [5.41, 5.74) is 1.84. The Balaban J connectivity index is 1.84. The predicted molar refractivity (Wildman–Crippen MR) is 88.8 cm³/mol. The molecule has 0 atom stereocenters. The molecule has 1 aliphatic rings. The van der Waals surface area contributed by atoms with Gasteiger partial charge in [0.15, 0.2) is 5.58 Å². The second-order valence-corrected chi connectivity index (χ2v) is 5.95. The highest BCUT2D eigenvalue weighted by Crippen LogP contribution is 2.17. The van der Waals surface area contributed by atoms with Crippen molar-refractivity contribution in [2.75, 3.05) is 26.2 Å². The van der Waals surface area contributed by atoms with Gasteiger partial charge in [-0.1, -0.05) is 19.8 Å². The van der Waals surface area contributed by atoms with Crippen LogP contribution in [-0.2, 0) is 6.54 Å². The number of amides is 1. The molecule has 1 amide bonds. The Morgan fingerprint density at radius 2 is 2.04 bits per heavy atom. The maximum absolute atomic E-state index is 12.5. The highest BCUT2D eigenvalue weighted by Gasteiger charge is 2.19. The second kappa shape index (κ2) is 7.00. The van der Waals surface area contributed by atoms with E-state index in [4.69, 9.17) is 4.42 Å². The average molecular weight is 317 g/mol. The Morgan fingerprint density at radius 3 is 2.78 bits per heavy atom. The van der Waals surface area contributed by atoms with Gasteiger partial charge in [-0.2, -0.15) is 0 Å². The number of aromatic nitrogens is 1. The van der Waals surface area contributed by atoms with Gasteiger partial charge in [-0.15, -0.1) is 0 Å². The van der Waals surface area contributed by atoms with Crippen LogP contribution >= 0.6 is 0 Å². The van der Waals surface area contributed by atoms with Gasteiger partial charge in [0.2, 0.25) is 0 Å². The summed E-state index contributed by atoms with van der Waals surface area (Å²) in [6.45, 7) is 5.83. The van der Waals surface area contributed by atoms with Crippen LogP contribution in [0.5, 0.6) is 0 Å². The zero-order valence-corrected chi connectivity index (χ0v) is 13.5. The quantitative estimate of drug-likeness (QED) is 0.854. The minimum absolute atomic E-state index is 0.00483. The number of hydrogen-bond donors (Lipinski definition) is 1. The van der Waals surface area contributed by atoms with Crippen LogP contribution in [0.25, 0.3) is 11.1 Å². The number of benzene rings is 1. The summed E-state index contributed by atoms with van der Waals surface area (Å²) in [5, 5.41) is 3.23. The van der Waals surface area contributed by atoms with Gasteiger partial charge in [0.05, 0.1) is 5.52 Å². The number of unbranched alkanes of at least 4 members (excludes halogenated alkanes) is 2. The maximum atomic E-state index is 12.5. The summed E-state index contributed by atoms with van der Waals surface area (Å²) < 4.78 is 6.99. The SMILES string of the molecule is CCCCCn1c(=O)oc2cc(C(=O)N3CCNCC3)ccc21. The number of oxazole rings is 1. The molecule has 0 unspecified atom stereocenters. The van der Waals surface area contributed by atoms with E-state index in [0.717, 1.165) is 37.9 Å². The molecule has 6 nitrogen and oxygen atoms in total. The monoisotopic (exact) mass is 317 g/mol. The standard InChI is InChI=1S/C17H23N3O3/c1-2-3-4-9-20-14-6-5-13(12-15(14)23-17(20)22)16(21)19-10-7-18-8-11-19/h5-6,12,18H,2-4,7-11H2,1H3. The van der Waals surface area contributed by atoms with Crippen LogP contribution < -0.4 is 11.1 Å². The van der Waals surface area contributed by atoms with Crippen LogP contribution in [0.1, 0.15) is 36.5 Å². The van der Waals surface area contributed by atoms with Crippen molar-refractivity contribution < 1.29 is 9.21 Å². The largest absolute Gasteiger partial charge is 0.419 e. The first-order chi connectivity index (χ1) is 11.2. The molecule has 0 aliphatic carbocycles. The number of aryl methyl sites for hydroxylation is 1. The fourth-order valence-electron chi connectivity index (χ4n) is 2.98. The molecule has 0 spiro atoms. The first-order valence-electron chi connectivity index (χ1n) is 8.34. The van der Waals surface area contributed by atoms with Gasteiger partial charge in [-0.3, -0.25) is 9.36 Å². The van der Waals surface area contributed by atoms with Gasteiger partial charge >= 0.3 is 5.76 Å². The first kappa shape index (κ1) is 15.8. The molecule has 0 bridgehead atoms. The van der Waals surface area contributed by atoms with Crippen molar-refractivity contribution >= 4 is 17.0 Å². The summed E-state index contributed by atoms with van der Waals surface area (Å²) in [6, 6.07) is 5.30. The molecule has 124 valence electrons. The lowest BCUT2D eigenvalue weighted by Gasteiger charge is -2.27. The van der Waals surface area contributed by atoms with Gasteiger partial charge < -0.3 is 14.6 Å². The van der Waals surface area contributed by atoms with Gasteiger partial charge in [0.1, 0.15) is 0 Å². The minimum Gasteiger partial charge on any atom is -0.408 e. The van der Waals surface area contributed by atoms with Gasteiger partial charge in [0.25, 0.3) is 5.91 Å². The molecule has 2 heterocycles. The normalized spacial score (nSPS) is 15.3. The van der Waals surface area contributed by atoms with Crippen molar-refractivity contribution in [3.05, 3.63) is 34.3 Å². The van der Waals surface area contributed by atoms with E-state index < -0.39 is 0 Å². The Hall–Kier alpha value is -2.08. The second-order valence-electron chi connectivity index (χ2n) is 5.95. The zero-order valence-electron chi connectivity index (χ0n) is 13.5. The van der Waals surface area contributed by atoms with Crippen LogP contribution in [0.15, 0.2) is 27.4 Å². The third-order valence-electron chi connectivity index (χ3n) is 4.30. The van der Waals surface area contributed by atoms with Gasteiger partial charge in [-0.25, -0.2) is 4.79 Å². The average Bonchev–Trinajstić information content (AvgIpc) is 2.90. The van der Waals surface area contributed by atoms with E-state index >= 15 is 0 Å². The van der Waals surface area contributed by atoms with Gasteiger partial charge in [-0.05, 0) is 24.6 Å². The molecule has 0 saturated carbocycles. The van der Waals surface area contributed by atoms with Gasteiger partial charge in [0, 0.05) is 38.3 Å². The number of piperazine rings is 1. The molecule has 1 aromatic heterocycles. The topological polar surface area (TPSA) is 67.5 Å². The van der Waals surface area contributed by atoms with Crippen LogP contribution in [-0.4, -0.2) is 41.6 Å². The van der Waals surface area contributed by atoms with E-state index in [1.54, 1.807) is 16.7 Å². The summed E-state index contributed by atoms with van der Waals surface area (Å²) in [6.07, 6.45) is 3.14. The number of fused-ring (bicyclic) bond motifs is 1. The highest BCUT2D eigenvalue weighted by atomic mass is 16.4. The number of hydrogen-bond acceptors (Lipinski definition) is 4. The predicted octanol–water partition coefficient (Wildman–Crippen LogP) is 1.83. The Kier molecular flexibility index (Phi) is 4.81. The molecule has 6 heteroatoms. The molecule has 2 aromatic rings. The lowest BCUT2D eigenvalue weighted by atomic mass is 10.1. The number of carbonyl (C=O) groups excluding carboxylic acids is 1. The lowest BCUT2D eigenvalue weighted by molar-refractivity contribution is 0.0736. The summed E-state index contributed by atoms with van der Waals surface area (Å²) in [5.74, 6) is -0.349. The minimum atomic E-state index is -0.345.